The SMILES string of the molecule is CC(O)CNC(=O)c1cccc(-n2nccc2-c2ccccc2)c1. The molecule has 0 fully saturated rings. The van der Waals surface area contributed by atoms with E-state index in [1.165, 1.54) is 0 Å². The van der Waals surface area contributed by atoms with Gasteiger partial charge in [0.2, 0.25) is 0 Å². The highest BCUT2D eigenvalue weighted by atomic mass is 16.3. The highest BCUT2D eigenvalue weighted by Gasteiger charge is 2.11. The lowest BCUT2D eigenvalue weighted by Crippen LogP contribution is -2.30. The van der Waals surface area contributed by atoms with Gasteiger partial charge in [-0.05, 0) is 31.2 Å². The van der Waals surface area contributed by atoms with Crippen LogP contribution in [0.1, 0.15) is 17.3 Å². The number of aliphatic hydroxyl groups is 1. The van der Waals surface area contributed by atoms with Gasteiger partial charge in [-0.1, -0.05) is 36.4 Å². The summed E-state index contributed by atoms with van der Waals surface area (Å²) in [6.45, 7) is 1.85. The Morgan fingerprint density at radius 1 is 1.17 bits per heavy atom. The normalized spacial score (nSPS) is 11.9. The summed E-state index contributed by atoms with van der Waals surface area (Å²) in [6, 6.07) is 19.2. The summed E-state index contributed by atoms with van der Waals surface area (Å²) in [6.07, 6.45) is 1.16. The van der Waals surface area contributed by atoms with Crippen LogP contribution < -0.4 is 5.32 Å². The third-order valence-corrected chi connectivity index (χ3v) is 3.62. The molecule has 1 heterocycles. The zero-order valence-corrected chi connectivity index (χ0v) is 13.4. The van der Waals surface area contributed by atoms with Crippen molar-refractivity contribution in [2.75, 3.05) is 6.54 Å². The molecule has 0 saturated carbocycles. The van der Waals surface area contributed by atoms with Gasteiger partial charge in [-0.25, -0.2) is 4.68 Å². The van der Waals surface area contributed by atoms with E-state index in [-0.39, 0.29) is 12.5 Å². The zero-order chi connectivity index (χ0) is 16.9. The minimum atomic E-state index is -0.576. The van der Waals surface area contributed by atoms with Crippen LogP contribution in [-0.2, 0) is 0 Å². The maximum absolute atomic E-state index is 12.2. The molecule has 1 atom stereocenters. The second kappa shape index (κ2) is 7.10. The zero-order valence-electron chi connectivity index (χ0n) is 13.4. The van der Waals surface area contributed by atoms with Gasteiger partial charge in [0.25, 0.3) is 5.91 Å². The highest BCUT2D eigenvalue weighted by molar-refractivity contribution is 5.94. The molecule has 5 heteroatoms. The summed E-state index contributed by atoms with van der Waals surface area (Å²) >= 11 is 0. The first-order valence-corrected chi connectivity index (χ1v) is 7.81. The third-order valence-electron chi connectivity index (χ3n) is 3.62. The average molecular weight is 321 g/mol. The number of carbonyl (C=O) groups is 1. The molecule has 0 saturated heterocycles. The van der Waals surface area contributed by atoms with Gasteiger partial charge < -0.3 is 10.4 Å². The molecule has 5 nitrogen and oxygen atoms in total. The van der Waals surface area contributed by atoms with Crippen molar-refractivity contribution in [2.45, 2.75) is 13.0 Å². The quantitative estimate of drug-likeness (QED) is 0.759. The number of rotatable bonds is 5. The number of carbonyl (C=O) groups excluding carboxylic acids is 1. The van der Waals surface area contributed by atoms with Crippen molar-refractivity contribution in [2.24, 2.45) is 0 Å². The third kappa shape index (κ3) is 3.52. The van der Waals surface area contributed by atoms with Gasteiger partial charge in [-0.3, -0.25) is 4.79 Å². The number of aromatic nitrogens is 2. The fraction of sp³-hybridized carbons (Fsp3) is 0.158. The van der Waals surface area contributed by atoms with Crippen molar-refractivity contribution >= 4 is 5.91 Å². The maximum atomic E-state index is 12.2. The Morgan fingerprint density at radius 2 is 1.96 bits per heavy atom. The lowest BCUT2D eigenvalue weighted by atomic mass is 10.1. The standard InChI is InChI=1S/C19H19N3O2/c1-14(23)13-20-19(24)16-8-5-9-17(12-16)22-18(10-11-21-22)15-6-3-2-4-7-15/h2-12,14,23H,13H2,1H3,(H,20,24). The van der Waals surface area contributed by atoms with E-state index in [9.17, 15) is 9.90 Å². The molecule has 0 aliphatic rings. The van der Waals surface area contributed by atoms with Crippen molar-refractivity contribution in [3.05, 3.63) is 72.4 Å². The average Bonchev–Trinajstić information content (AvgIpc) is 3.10. The van der Waals surface area contributed by atoms with Gasteiger partial charge >= 0.3 is 0 Å². The van der Waals surface area contributed by atoms with Crippen LogP contribution in [0.4, 0.5) is 0 Å². The number of aliphatic hydroxyl groups excluding tert-OH is 1. The van der Waals surface area contributed by atoms with Crippen molar-refractivity contribution in [3.63, 3.8) is 0 Å². The minimum absolute atomic E-state index is 0.217. The number of nitrogens with one attached hydrogen (secondary N) is 1. The number of benzene rings is 2. The molecule has 0 aliphatic carbocycles. The lowest BCUT2D eigenvalue weighted by molar-refractivity contribution is 0.0924. The van der Waals surface area contributed by atoms with Crippen LogP contribution in [0.25, 0.3) is 16.9 Å². The molecule has 0 bridgehead atoms. The van der Waals surface area contributed by atoms with Gasteiger partial charge in [0.05, 0.1) is 23.7 Å². The van der Waals surface area contributed by atoms with E-state index in [0.29, 0.717) is 5.56 Å². The first-order valence-electron chi connectivity index (χ1n) is 7.81. The minimum Gasteiger partial charge on any atom is -0.392 e. The molecule has 24 heavy (non-hydrogen) atoms. The number of nitrogens with zero attached hydrogens (tertiary/aromatic N) is 2. The van der Waals surface area contributed by atoms with Crippen LogP contribution in [0.2, 0.25) is 0 Å². The first kappa shape index (κ1) is 16.0. The molecule has 2 aromatic carbocycles. The number of hydrogen-bond acceptors (Lipinski definition) is 3. The molecular formula is C19H19N3O2. The molecule has 2 N–H and O–H groups in total. The molecule has 1 unspecified atom stereocenters. The second-order valence-corrected chi connectivity index (χ2v) is 5.60. The van der Waals surface area contributed by atoms with E-state index in [1.54, 1.807) is 29.9 Å². The Morgan fingerprint density at radius 3 is 2.71 bits per heavy atom. The smallest absolute Gasteiger partial charge is 0.251 e. The summed E-state index contributed by atoms with van der Waals surface area (Å²) in [5, 5.41) is 16.4. The van der Waals surface area contributed by atoms with Gasteiger partial charge in [0.15, 0.2) is 0 Å². The fourth-order valence-corrected chi connectivity index (χ4v) is 2.46. The Bertz CT molecular complexity index is 825. The maximum Gasteiger partial charge on any atom is 0.251 e. The molecule has 3 aromatic rings. The Balaban J connectivity index is 1.91. The molecule has 3 rings (SSSR count). The van der Waals surface area contributed by atoms with E-state index in [0.717, 1.165) is 16.9 Å². The van der Waals surface area contributed by atoms with Crippen molar-refractivity contribution < 1.29 is 9.90 Å². The van der Waals surface area contributed by atoms with E-state index in [1.807, 2.05) is 48.5 Å². The molecular weight excluding hydrogens is 302 g/mol. The van der Waals surface area contributed by atoms with Crippen molar-refractivity contribution in [1.29, 1.82) is 0 Å². The predicted molar refractivity (Wildman–Crippen MR) is 93.0 cm³/mol. The van der Waals surface area contributed by atoms with Gasteiger partial charge in [-0.15, -0.1) is 0 Å². The molecule has 0 spiro atoms. The molecule has 1 aromatic heterocycles. The van der Waals surface area contributed by atoms with E-state index in [2.05, 4.69) is 10.4 Å². The van der Waals surface area contributed by atoms with Crippen molar-refractivity contribution in [1.82, 2.24) is 15.1 Å². The largest absolute Gasteiger partial charge is 0.392 e. The van der Waals surface area contributed by atoms with Gasteiger partial charge in [-0.2, -0.15) is 5.10 Å². The number of hydrogen-bond donors (Lipinski definition) is 2. The monoisotopic (exact) mass is 321 g/mol. The molecule has 122 valence electrons. The summed E-state index contributed by atoms with van der Waals surface area (Å²) in [7, 11) is 0. The van der Waals surface area contributed by atoms with Crippen molar-refractivity contribution in [3.8, 4) is 16.9 Å². The van der Waals surface area contributed by atoms with Gasteiger partial charge in [0.1, 0.15) is 0 Å². The molecule has 0 radical (unpaired) electrons. The number of amides is 1. The van der Waals surface area contributed by atoms with Crippen LogP contribution in [0.3, 0.4) is 0 Å². The van der Waals surface area contributed by atoms with E-state index < -0.39 is 6.10 Å². The highest BCUT2D eigenvalue weighted by Crippen LogP contribution is 2.22. The summed E-state index contributed by atoms with van der Waals surface area (Å²) in [5.74, 6) is -0.217. The molecule has 1 amide bonds. The van der Waals surface area contributed by atoms with Crippen LogP contribution in [0.15, 0.2) is 66.9 Å². The van der Waals surface area contributed by atoms with E-state index >= 15 is 0 Å². The van der Waals surface area contributed by atoms with Crippen LogP contribution in [-0.4, -0.2) is 33.4 Å². The van der Waals surface area contributed by atoms with Crippen LogP contribution >= 0.6 is 0 Å². The first-order chi connectivity index (χ1) is 11.6. The topological polar surface area (TPSA) is 67.2 Å². The fourth-order valence-electron chi connectivity index (χ4n) is 2.46. The van der Waals surface area contributed by atoms with Crippen LogP contribution in [0, 0.1) is 0 Å². The van der Waals surface area contributed by atoms with E-state index in [4.69, 9.17) is 0 Å². The second-order valence-electron chi connectivity index (χ2n) is 5.60. The van der Waals surface area contributed by atoms with Crippen LogP contribution in [0.5, 0.6) is 0 Å². The Kier molecular flexibility index (Phi) is 4.72. The summed E-state index contributed by atoms with van der Waals surface area (Å²) in [4.78, 5) is 12.2. The molecule has 0 aliphatic heterocycles. The Hall–Kier alpha value is -2.92. The van der Waals surface area contributed by atoms with Gasteiger partial charge in [0, 0.05) is 17.7 Å². The lowest BCUT2D eigenvalue weighted by Gasteiger charge is -2.10. The predicted octanol–water partition coefficient (Wildman–Crippen LogP) is 2.65. The Labute approximate surface area is 140 Å². The summed E-state index contributed by atoms with van der Waals surface area (Å²) < 4.78 is 1.81. The summed E-state index contributed by atoms with van der Waals surface area (Å²) in [5.41, 5.74) is 3.35.